The smallest absolute Gasteiger partial charge is 0.239 e. The van der Waals surface area contributed by atoms with Crippen molar-refractivity contribution >= 4 is 70.4 Å². The van der Waals surface area contributed by atoms with Gasteiger partial charge in [-0.15, -0.1) is 0 Å². The van der Waals surface area contributed by atoms with Crippen molar-refractivity contribution in [2.45, 2.75) is 16.1 Å². The number of ether oxygens (including phenoxy) is 1. The van der Waals surface area contributed by atoms with Crippen molar-refractivity contribution in [3.05, 3.63) is 18.2 Å². The van der Waals surface area contributed by atoms with Crippen LogP contribution in [-0.2, 0) is 9.59 Å². The summed E-state index contributed by atoms with van der Waals surface area (Å²) in [5.41, 5.74) is 0.776. The molecule has 8 heteroatoms. The maximum Gasteiger partial charge on any atom is 0.239 e. The van der Waals surface area contributed by atoms with Gasteiger partial charge in [-0.2, -0.15) is 0 Å². The Hall–Kier alpha value is -0.990. The molecule has 1 aromatic carbocycles. The molecule has 6 atom stereocenters. The van der Waals surface area contributed by atoms with Gasteiger partial charge in [0, 0.05) is 9.65 Å². The number of nitrogens with zero attached hydrogens (tertiary/aromatic N) is 2. The Bertz CT molecular complexity index is 884. The van der Waals surface area contributed by atoms with Crippen molar-refractivity contribution in [1.82, 2.24) is 4.98 Å². The van der Waals surface area contributed by atoms with Crippen molar-refractivity contribution in [3.63, 3.8) is 0 Å². The van der Waals surface area contributed by atoms with E-state index in [0.717, 1.165) is 22.4 Å². The fourth-order valence-electron chi connectivity index (χ4n) is 4.65. The summed E-state index contributed by atoms with van der Waals surface area (Å²) in [7, 11) is 1.61. The number of rotatable bonds is 2. The first-order valence-corrected chi connectivity index (χ1v) is 10.8. The van der Waals surface area contributed by atoms with Gasteiger partial charge in [-0.3, -0.25) is 9.59 Å². The third-order valence-corrected chi connectivity index (χ3v) is 9.97. The largest absolute Gasteiger partial charge is 0.497 e. The van der Waals surface area contributed by atoms with Crippen LogP contribution in [0.15, 0.2) is 18.2 Å². The molecule has 2 aromatic rings. The van der Waals surface area contributed by atoms with Gasteiger partial charge < -0.3 is 4.74 Å². The predicted molar refractivity (Wildman–Crippen MR) is 103 cm³/mol. The van der Waals surface area contributed by atoms with Gasteiger partial charge in [0.1, 0.15) is 5.75 Å². The molecule has 0 spiro atoms. The second-order valence-electron chi connectivity index (χ2n) is 6.85. The number of imide groups is 1. The number of hydrogen-bond acceptors (Lipinski definition) is 5. The van der Waals surface area contributed by atoms with Crippen LogP contribution < -0.4 is 9.64 Å². The number of methoxy groups -OCH3 is 1. The highest BCUT2D eigenvalue weighted by molar-refractivity contribution is 9.12. The lowest BCUT2D eigenvalue weighted by Crippen LogP contribution is -2.37. The summed E-state index contributed by atoms with van der Waals surface area (Å²) in [6.07, 6.45) is 0.934. The van der Waals surface area contributed by atoms with Gasteiger partial charge in [0.05, 0.1) is 29.2 Å². The molecule has 5 rings (SSSR count). The molecular formula is C17H14Br2N2O3S. The highest BCUT2D eigenvalue weighted by Crippen LogP contribution is 2.60. The van der Waals surface area contributed by atoms with E-state index in [0.29, 0.717) is 5.13 Å². The molecule has 130 valence electrons. The Balaban J connectivity index is 1.55. The SMILES string of the molecule is COc1ccc2nc(N3C(=O)C4C5CC(C(Br)C5Br)C4C3=O)sc2c1. The van der Waals surface area contributed by atoms with Crippen molar-refractivity contribution in [1.29, 1.82) is 0 Å². The minimum absolute atomic E-state index is 0.0858. The molecule has 2 aliphatic carbocycles. The number of fused-ring (bicyclic) bond motifs is 6. The quantitative estimate of drug-likeness (QED) is 0.481. The lowest BCUT2D eigenvalue weighted by Gasteiger charge is -2.28. The number of alkyl halides is 2. The fraction of sp³-hybridized carbons (Fsp3) is 0.471. The molecule has 1 saturated heterocycles. The van der Waals surface area contributed by atoms with E-state index in [1.165, 1.54) is 16.2 Å². The van der Waals surface area contributed by atoms with E-state index in [-0.39, 0.29) is 45.1 Å². The van der Waals surface area contributed by atoms with E-state index >= 15 is 0 Å². The minimum atomic E-state index is -0.211. The zero-order chi connectivity index (χ0) is 17.5. The highest BCUT2D eigenvalue weighted by Gasteiger charge is 2.66. The summed E-state index contributed by atoms with van der Waals surface area (Å²) in [4.78, 5) is 32.5. The summed E-state index contributed by atoms with van der Waals surface area (Å²) in [6, 6.07) is 5.57. The van der Waals surface area contributed by atoms with Crippen LogP contribution in [0.4, 0.5) is 5.13 Å². The zero-order valence-corrected chi connectivity index (χ0v) is 17.2. The number of hydrogen-bond donors (Lipinski definition) is 0. The monoisotopic (exact) mass is 484 g/mol. The molecule has 5 nitrogen and oxygen atoms in total. The van der Waals surface area contributed by atoms with Crippen LogP contribution in [0.2, 0.25) is 0 Å². The van der Waals surface area contributed by atoms with E-state index in [2.05, 4.69) is 36.8 Å². The molecule has 2 saturated carbocycles. The van der Waals surface area contributed by atoms with E-state index in [1.54, 1.807) is 7.11 Å². The Labute approximate surface area is 165 Å². The number of carbonyl (C=O) groups excluding carboxylic acids is 2. The topological polar surface area (TPSA) is 59.5 Å². The van der Waals surface area contributed by atoms with Crippen LogP contribution in [0.1, 0.15) is 6.42 Å². The molecule has 3 fully saturated rings. The summed E-state index contributed by atoms with van der Waals surface area (Å²) >= 11 is 8.78. The van der Waals surface area contributed by atoms with Gasteiger partial charge in [-0.1, -0.05) is 43.2 Å². The maximum atomic E-state index is 13.1. The Morgan fingerprint density at radius 1 is 1.16 bits per heavy atom. The van der Waals surface area contributed by atoms with Gasteiger partial charge in [-0.25, -0.2) is 9.88 Å². The normalized spacial score (nSPS) is 36.5. The van der Waals surface area contributed by atoms with Gasteiger partial charge in [-0.05, 0) is 36.5 Å². The lowest BCUT2D eigenvalue weighted by atomic mass is 9.81. The van der Waals surface area contributed by atoms with E-state index < -0.39 is 0 Å². The van der Waals surface area contributed by atoms with Crippen LogP contribution in [0.3, 0.4) is 0 Å². The standard InChI is InChI=1S/C17H14Br2N2O3S/c1-24-6-2-3-9-10(4-6)25-17(20-9)21-15(22)11-7-5-8(12(11)16(21)23)14(19)13(7)18/h2-4,7-8,11-14H,5H2,1H3. The molecule has 2 heterocycles. The van der Waals surface area contributed by atoms with E-state index in [9.17, 15) is 9.59 Å². The van der Waals surface area contributed by atoms with Crippen LogP contribution in [0.25, 0.3) is 10.2 Å². The average Bonchev–Trinajstić information content (AvgIpc) is 3.31. The number of halogens is 2. The average molecular weight is 486 g/mol. The first-order valence-electron chi connectivity index (χ1n) is 8.12. The molecule has 0 radical (unpaired) electrons. The van der Waals surface area contributed by atoms with Crippen molar-refractivity contribution in [3.8, 4) is 5.75 Å². The van der Waals surface area contributed by atoms with Crippen molar-refractivity contribution in [2.75, 3.05) is 12.0 Å². The van der Waals surface area contributed by atoms with Gasteiger partial charge >= 0.3 is 0 Å². The number of aromatic nitrogens is 1. The second kappa shape index (κ2) is 5.50. The van der Waals surface area contributed by atoms with Crippen LogP contribution in [-0.4, -0.2) is 33.6 Å². The molecule has 2 bridgehead atoms. The fourth-order valence-corrected chi connectivity index (χ4v) is 7.53. The summed E-state index contributed by atoms with van der Waals surface area (Å²) in [5, 5.41) is 0.476. The number of carbonyl (C=O) groups is 2. The minimum Gasteiger partial charge on any atom is -0.497 e. The maximum absolute atomic E-state index is 13.1. The summed E-state index contributed by atoms with van der Waals surface area (Å²) in [5.74, 6) is 0.579. The first-order chi connectivity index (χ1) is 12.0. The summed E-state index contributed by atoms with van der Waals surface area (Å²) < 4.78 is 6.15. The van der Waals surface area contributed by atoms with Crippen LogP contribution >= 0.6 is 43.2 Å². The molecule has 0 N–H and O–H groups in total. The molecule has 2 amide bonds. The third kappa shape index (κ3) is 2.07. The van der Waals surface area contributed by atoms with Crippen LogP contribution in [0.5, 0.6) is 5.75 Å². The number of thiazole rings is 1. The lowest BCUT2D eigenvalue weighted by molar-refractivity contribution is -0.123. The molecular weight excluding hydrogens is 472 g/mol. The second-order valence-corrected chi connectivity index (χ2v) is 9.97. The predicted octanol–water partition coefficient (Wildman–Crippen LogP) is 3.59. The number of amides is 2. The van der Waals surface area contributed by atoms with Crippen molar-refractivity contribution < 1.29 is 14.3 Å². The van der Waals surface area contributed by atoms with Crippen LogP contribution in [0, 0.1) is 23.7 Å². The number of benzene rings is 1. The molecule has 3 aliphatic rings. The van der Waals surface area contributed by atoms with Crippen molar-refractivity contribution in [2.24, 2.45) is 23.7 Å². The zero-order valence-electron chi connectivity index (χ0n) is 13.2. The molecule has 6 unspecified atom stereocenters. The Morgan fingerprint density at radius 2 is 1.80 bits per heavy atom. The van der Waals surface area contributed by atoms with Gasteiger partial charge in [0.25, 0.3) is 0 Å². The van der Waals surface area contributed by atoms with E-state index in [4.69, 9.17) is 4.74 Å². The molecule has 1 aliphatic heterocycles. The Morgan fingerprint density at radius 3 is 2.40 bits per heavy atom. The third-order valence-electron chi connectivity index (χ3n) is 5.76. The van der Waals surface area contributed by atoms with E-state index in [1.807, 2.05) is 18.2 Å². The Kier molecular flexibility index (Phi) is 3.57. The summed E-state index contributed by atoms with van der Waals surface area (Å²) in [6.45, 7) is 0. The molecule has 1 aromatic heterocycles. The first kappa shape index (κ1) is 16.2. The number of anilines is 1. The van der Waals surface area contributed by atoms with Gasteiger partial charge in [0.15, 0.2) is 5.13 Å². The van der Waals surface area contributed by atoms with Gasteiger partial charge in [0.2, 0.25) is 11.8 Å². The molecule has 25 heavy (non-hydrogen) atoms. The highest BCUT2D eigenvalue weighted by atomic mass is 79.9.